The van der Waals surface area contributed by atoms with Crippen LogP contribution in [0.25, 0.3) is 0 Å². The molecule has 0 saturated carbocycles. The van der Waals surface area contributed by atoms with Gasteiger partial charge in [-0.3, -0.25) is 0 Å². The molecule has 0 spiro atoms. The van der Waals surface area contributed by atoms with Gasteiger partial charge in [0.1, 0.15) is 12.4 Å². The highest BCUT2D eigenvalue weighted by atomic mass is 16.5. The molecule has 15 heavy (non-hydrogen) atoms. The molecule has 0 fully saturated rings. The van der Waals surface area contributed by atoms with Crippen molar-refractivity contribution in [3.05, 3.63) is 37.1 Å². The summed E-state index contributed by atoms with van der Waals surface area (Å²) < 4.78 is 10.9. The smallest absolute Gasteiger partial charge is 0.112 e. The molecule has 0 bridgehead atoms. The van der Waals surface area contributed by atoms with E-state index in [0.29, 0.717) is 24.9 Å². The minimum Gasteiger partial charge on any atom is -0.492 e. The Kier molecular flexibility index (Phi) is 7.74. The van der Waals surface area contributed by atoms with Crippen LogP contribution in [0, 0.1) is 5.92 Å². The summed E-state index contributed by atoms with van der Waals surface area (Å²) in [5.74, 6) is 1.17. The van der Waals surface area contributed by atoms with Crippen LogP contribution in [-0.2, 0) is 9.47 Å². The largest absolute Gasteiger partial charge is 0.492 e. The quantitative estimate of drug-likeness (QED) is 0.347. The van der Waals surface area contributed by atoms with Gasteiger partial charge in [0, 0.05) is 0 Å². The highest BCUT2D eigenvalue weighted by Gasteiger charge is 2.06. The van der Waals surface area contributed by atoms with Gasteiger partial charge < -0.3 is 9.47 Å². The van der Waals surface area contributed by atoms with E-state index < -0.39 is 0 Å². The first kappa shape index (κ1) is 14.0. The lowest BCUT2D eigenvalue weighted by Gasteiger charge is -2.16. The Labute approximate surface area is 93.3 Å². The molecule has 0 radical (unpaired) electrons. The lowest BCUT2D eigenvalue weighted by Crippen LogP contribution is -2.18. The highest BCUT2D eigenvalue weighted by molar-refractivity contribution is 5.12. The summed E-state index contributed by atoms with van der Waals surface area (Å²) in [7, 11) is 0. The van der Waals surface area contributed by atoms with Crippen LogP contribution in [0.2, 0.25) is 0 Å². The standard InChI is InChI=1S/C13H22O2/c1-6-7-8-12(4)14-9-10-15-13(5)11(2)3/h6-8,11,13H,1,4,9-10H2,2-3,5H3/b8-7-. The summed E-state index contributed by atoms with van der Waals surface area (Å²) in [6.45, 7) is 14.8. The van der Waals surface area contributed by atoms with E-state index in [0.717, 1.165) is 0 Å². The van der Waals surface area contributed by atoms with Crippen molar-refractivity contribution in [1.82, 2.24) is 0 Å². The maximum Gasteiger partial charge on any atom is 0.112 e. The van der Waals surface area contributed by atoms with Gasteiger partial charge in [0.2, 0.25) is 0 Å². The van der Waals surface area contributed by atoms with Crippen molar-refractivity contribution in [1.29, 1.82) is 0 Å². The van der Waals surface area contributed by atoms with Gasteiger partial charge in [0.25, 0.3) is 0 Å². The van der Waals surface area contributed by atoms with E-state index in [2.05, 4.69) is 33.9 Å². The Balaban J connectivity index is 3.50. The predicted molar refractivity (Wildman–Crippen MR) is 64.7 cm³/mol. The van der Waals surface area contributed by atoms with E-state index in [4.69, 9.17) is 9.47 Å². The zero-order chi connectivity index (χ0) is 11.7. The van der Waals surface area contributed by atoms with Crippen molar-refractivity contribution in [2.24, 2.45) is 5.92 Å². The summed E-state index contributed by atoms with van der Waals surface area (Å²) in [5, 5.41) is 0. The Morgan fingerprint density at radius 1 is 1.27 bits per heavy atom. The third kappa shape index (κ3) is 8.01. The first-order chi connectivity index (χ1) is 7.07. The minimum atomic E-state index is 0.269. The van der Waals surface area contributed by atoms with Crippen molar-refractivity contribution in [3.63, 3.8) is 0 Å². The zero-order valence-corrected chi connectivity index (χ0v) is 10.0. The molecule has 0 rings (SSSR count). The molecule has 86 valence electrons. The van der Waals surface area contributed by atoms with Crippen LogP contribution in [0.1, 0.15) is 20.8 Å². The van der Waals surface area contributed by atoms with E-state index in [1.165, 1.54) is 0 Å². The molecule has 0 aromatic rings. The molecular weight excluding hydrogens is 188 g/mol. The van der Waals surface area contributed by atoms with E-state index in [-0.39, 0.29) is 6.10 Å². The Hall–Kier alpha value is -1.02. The fourth-order valence-corrected chi connectivity index (χ4v) is 0.823. The second-order valence-electron chi connectivity index (χ2n) is 3.73. The molecule has 0 saturated heterocycles. The molecule has 0 heterocycles. The maximum absolute atomic E-state index is 5.55. The molecule has 0 aliphatic rings. The Morgan fingerprint density at radius 3 is 2.47 bits per heavy atom. The number of ether oxygens (including phenoxy) is 2. The van der Waals surface area contributed by atoms with Crippen LogP contribution in [0.4, 0.5) is 0 Å². The van der Waals surface area contributed by atoms with Crippen molar-refractivity contribution in [3.8, 4) is 0 Å². The van der Waals surface area contributed by atoms with Crippen LogP contribution >= 0.6 is 0 Å². The first-order valence-corrected chi connectivity index (χ1v) is 5.30. The normalized spacial score (nSPS) is 13.1. The van der Waals surface area contributed by atoms with E-state index in [1.54, 1.807) is 18.2 Å². The van der Waals surface area contributed by atoms with Gasteiger partial charge in [-0.05, 0) is 18.9 Å². The van der Waals surface area contributed by atoms with Gasteiger partial charge in [-0.1, -0.05) is 39.2 Å². The third-order valence-corrected chi connectivity index (χ3v) is 2.11. The average molecular weight is 210 g/mol. The van der Waals surface area contributed by atoms with E-state index >= 15 is 0 Å². The molecular formula is C13H22O2. The SMILES string of the molecule is C=C/C=C\C(=C)OCCOC(C)C(C)C. The van der Waals surface area contributed by atoms with Crippen LogP contribution in [0.3, 0.4) is 0 Å². The fraction of sp³-hybridized carbons (Fsp3) is 0.538. The first-order valence-electron chi connectivity index (χ1n) is 5.30. The van der Waals surface area contributed by atoms with Crippen LogP contribution in [0.15, 0.2) is 37.1 Å². The number of rotatable bonds is 8. The molecule has 2 nitrogen and oxygen atoms in total. The topological polar surface area (TPSA) is 18.5 Å². The van der Waals surface area contributed by atoms with Crippen molar-refractivity contribution in [2.45, 2.75) is 26.9 Å². The molecule has 0 aromatic heterocycles. The molecule has 0 N–H and O–H groups in total. The Bertz CT molecular complexity index is 217. The highest BCUT2D eigenvalue weighted by Crippen LogP contribution is 2.05. The number of hydrogen-bond donors (Lipinski definition) is 0. The summed E-state index contributed by atoms with van der Waals surface area (Å²) >= 11 is 0. The maximum atomic E-state index is 5.55. The van der Waals surface area contributed by atoms with Gasteiger partial charge >= 0.3 is 0 Å². The average Bonchev–Trinajstić information content (AvgIpc) is 2.20. The number of hydrogen-bond acceptors (Lipinski definition) is 2. The monoisotopic (exact) mass is 210 g/mol. The molecule has 2 heteroatoms. The van der Waals surface area contributed by atoms with E-state index in [1.807, 2.05) is 0 Å². The summed E-state index contributed by atoms with van der Waals surface area (Å²) in [5.41, 5.74) is 0. The van der Waals surface area contributed by atoms with E-state index in [9.17, 15) is 0 Å². The molecule has 0 amide bonds. The summed E-state index contributed by atoms with van der Waals surface area (Å²) in [6.07, 6.45) is 5.52. The second kappa shape index (κ2) is 8.30. The van der Waals surface area contributed by atoms with Gasteiger partial charge in [-0.25, -0.2) is 0 Å². The zero-order valence-electron chi connectivity index (χ0n) is 10.0. The summed E-state index contributed by atoms with van der Waals surface area (Å²) in [6, 6.07) is 0. The van der Waals surface area contributed by atoms with Crippen molar-refractivity contribution >= 4 is 0 Å². The lowest BCUT2D eigenvalue weighted by atomic mass is 10.1. The Morgan fingerprint density at radius 2 is 1.93 bits per heavy atom. The second-order valence-corrected chi connectivity index (χ2v) is 3.73. The molecule has 0 aliphatic carbocycles. The van der Waals surface area contributed by atoms with Gasteiger partial charge in [0.15, 0.2) is 0 Å². The van der Waals surface area contributed by atoms with Crippen LogP contribution in [-0.4, -0.2) is 19.3 Å². The number of allylic oxidation sites excluding steroid dienone is 3. The van der Waals surface area contributed by atoms with Crippen LogP contribution < -0.4 is 0 Å². The lowest BCUT2D eigenvalue weighted by molar-refractivity contribution is 0.00882. The van der Waals surface area contributed by atoms with Gasteiger partial charge in [-0.15, -0.1) is 0 Å². The molecule has 1 unspecified atom stereocenters. The predicted octanol–water partition coefficient (Wildman–Crippen LogP) is 3.32. The minimum absolute atomic E-state index is 0.269. The van der Waals surface area contributed by atoms with Gasteiger partial charge in [0.05, 0.1) is 12.7 Å². The summed E-state index contributed by atoms with van der Waals surface area (Å²) in [4.78, 5) is 0. The molecule has 1 atom stereocenters. The van der Waals surface area contributed by atoms with Crippen molar-refractivity contribution < 1.29 is 9.47 Å². The fourth-order valence-electron chi connectivity index (χ4n) is 0.823. The van der Waals surface area contributed by atoms with Crippen molar-refractivity contribution in [2.75, 3.05) is 13.2 Å². The van der Waals surface area contributed by atoms with Crippen LogP contribution in [0.5, 0.6) is 0 Å². The third-order valence-electron chi connectivity index (χ3n) is 2.11. The molecule has 0 aliphatic heterocycles. The van der Waals surface area contributed by atoms with Gasteiger partial charge in [-0.2, -0.15) is 0 Å². The molecule has 0 aromatic carbocycles.